The van der Waals surface area contributed by atoms with Gasteiger partial charge in [-0.05, 0) is 35.9 Å². The Morgan fingerprint density at radius 2 is 1.74 bits per heavy atom. The molecule has 0 spiro atoms. The van der Waals surface area contributed by atoms with Gasteiger partial charge in [-0.2, -0.15) is 0 Å². The molecule has 1 aromatic heterocycles. The monoisotopic (exact) mass is 482 g/mol. The van der Waals surface area contributed by atoms with E-state index < -0.39 is 5.82 Å². The number of hydrogen-bond donors (Lipinski definition) is 0. The zero-order valence-corrected chi connectivity index (χ0v) is 18.7. The summed E-state index contributed by atoms with van der Waals surface area (Å²) in [6.07, 6.45) is 2.36. The topological polar surface area (TPSA) is 51.7 Å². The number of rotatable bonds is 8. The molecule has 0 radical (unpaired) electrons. The lowest BCUT2D eigenvalue weighted by molar-refractivity contribution is 0.0715. The highest BCUT2D eigenvalue weighted by Gasteiger charge is 2.18. The van der Waals surface area contributed by atoms with E-state index in [1.54, 1.807) is 19.2 Å². The largest absolute Gasteiger partial charge is 0.497 e. The Morgan fingerprint density at radius 1 is 1.06 bits per heavy atom. The number of pyridine rings is 1. The van der Waals surface area contributed by atoms with Crippen molar-refractivity contribution in [1.29, 1.82) is 0 Å². The van der Waals surface area contributed by atoms with Crippen LogP contribution in [-0.4, -0.2) is 36.1 Å². The van der Waals surface area contributed by atoms with Gasteiger partial charge < -0.3 is 14.4 Å². The first kappa shape index (κ1) is 23.1. The van der Waals surface area contributed by atoms with Crippen molar-refractivity contribution in [2.24, 2.45) is 0 Å². The standard InChI is InChI=1S/C22H18Cl3FN2O3/c1-30-18-4-2-14(3-5-18)13-28(22(29)15-8-17(26)12-27-11-15)6-7-31-21-19(24)9-16(23)10-20(21)25/h2-5,8-12H,6-7,13H2,1H3. The van der Waals surface area contributed by atoms with Crippen LogP contribution in [0.1, 0.15) is 15.9 Å². The quantitative estimate of drug-likeness (QED) is 0.400. The predicted molar refractivity (Wildman–Crippen MR) is 119 cm³/mol. The van der Waals surface area contributed by atoms with Gasteiger partial charge in [0.15, 0.2) is 5.75 Å². The highest BCUT2D eigenvalue weighted by atomic mass is 35.5. The summed E-state index contributed by atoms with van der Waals surface area (Å²) in [5.41, 5.74) is 0.997. The maximum absolute atomic E-state index is 13.6. The molecule has 5 nitrogen and oxygen atoms in total. The molecule has 0 bridgehead atoms. The summed E-state index contributed by atoms with van der Waals surface area (Å²) in [5.74, 6) is -0.00532. The van der Waals surface area contributed by atoms with Gasteiger partial charge in [-0.1, -0.05) is 46.9 Å². The minimum absolute atomic E-state index is 0.103. The molecule has 2 aromatic carbocycles. The summed E-state index contributed by atoms with van der Waals surface area (Å²) in [7, 11) is 1.58. The summed E-state index contributed by atoms with van der Waals surface area (Å²) in [6, 6.07) is 11.5. The summed E-state index contributed by atoms with van der Waals surface area (Å²) in [5, 5.41) is 0.914. The summed E-state index contributed by atoms with van der Waals surface area (Å²) in [6.45, 7) is 0.563. The number of aromatic nitrogens is 1. The van der Waals surface area contributed by atoms with E-state index in [1.807, 2.05) is 12.1 Å². The smallest absolute Gasteiger partial charge is 0.255 e. The maximum Gasteiger partial charge on any atom is 0.255 e. The Labute approximate surface area is 194 Å². The van der Waals surface area contributed by atoms with Gasteiger partial charge in [-0.25, -0.2) is 4.39 Å². The van der Waals surface area contributed by atoms with E-state index in [1.165, 1.54) is 23.2 Å². The van der Waals surface area contributed by atoms with Crippen LogP contribution in [0.3, 0.4) is 0 Å². The first-order chi connectivity index (χ1) is 14.9. The highest BCUT2D eigenvalue weighted by Crippen LogP contribution is 2.35. The SMILES string of the molecule is COc1ccc(CN(CCOc2c(Cl)cc(Cl)cc2Cl)C(=O)c2cncc(F)c2)cc1. The van der Waals surface area contributed by atoms with E-state index in [4.69, 9.17) is 44.3 Å². The highest BCUT2D eigenvalue weighted by molar-refractivity contribution is 6.40. The van der Waals surface area contributed by atoms with Gasteiger partial charge in [-0.3, -0.25) is 9.78 Å². The maximum atomic E-state index is 13.6. The summed E-state index contributed by atoms with van der Waals surface area (Å²) in [4.78, 5) is 18.3. The average molecular weight is 484 g/mol. The van der Waals surface area contributed by atoms with E-state index in [0.29, 0.717) is 10.8 Å². The lowest BCUT2D eigenvalue weighted by atomic mass is 10.1. The predicted octanol–water partition coefficient (Wildman–Crippen LogP) is 5.91. The lowest BCUT2D eigenvalue weighted by Crippen LogP contribution is -2.34. The van der Waals surface area contributed by atoms with Crippen LogP contribution in [0.25, 0.3) is 0 Å². The Morgan fingerprint density at radius 3 is 2.35 bits per heavy atom. The fraction of sp³-hybridized carbons (Fsp3) is 0.182. The van der Waals surface area contributed by atoms with Crippen LogP contribution in [0.4, 0.5) is 4.39 Å². The van der Waals surface area contributed by atoms with Crippen molar-refractivity contribution >= 4 is 40.7 Å². The summed E-state index contributed by atoms with van der Waals surface area (Å²) < 4.78 is 24.5. The molecular weight excluding hydrogens is 466 g/mol. The van der Waals surface area contributed by atoms with Crippen LogP contribution in [0, 0.1) is 5.82 Å². The summed E-state index contributed by atoms with van der Waals surface area (Å²) >= 11 is 18.2. The fourth-order valence-corrected chi connectivity index (χ4v) is 3.77. The van der Waals surface area contributed by atoms with Gasteiger partial charge in [0.25, 0.3) is 5.91 Å². The van der Waals surface area contributed by atoms with Gasteiger partial charge in [-0.15, -0.1) is 0 Å². The first-order valence-electron chi connectivity index (χ1n) is 9.17. The number of carbonyl (C=O) groups excluding carboxylic acids is 1. The molecule has 0 aliphatic heterocycles. The molecule has 162 valence electrons. The average Bonchev–Trinajstić information content (AvgIpc) is 2.74. The van der Waals surface area contributed by atoms with Crippen molar-refractivity contribution in [2.45, 2.75) is 6.54 Å². The van der Waals surface area contributed by atoms with E-state index in [9.17, 15) is 9.18 Å². The molecule has 3 rings (SSSR count). The molecule has 0 fully saturated rings. The normalized spacial score (nSPS) is 10.6. The van der Waals surface area contributed by atoms with E-state index in [0.717, 1.165) is 17.8 Å². The second-order valence-electron chi connectivity index (χ2n) is 6.51. The zero-order chi connectivity index (χ0) is 22.4. The van der Waals surface area contributed by atoms with Crippen molar-refractivity contribution in [3.63, 3.8) is 0 Å². The van der Waals surface area contributed by atoms with E-state index >= 15 is 0 Å². The molecule has 0 saturated heterocycles. The number of amides is 1. The van der Waals surface area contributed by atoms with Gasteiger partial charge in [0, 0.05) is 17.8 Å². The molecule has 0 saturated carbocycles. The van der Waals surface area contributed by atoms with Crippen LogP contribution in [0.2, 0.25) is 15.1 Å². The van der Waals surface area contributed by atoms with Gasteiger partial charge in [0.2, 0.25) is 0 Å². The number of nitrogens with zero attached hydrogens (tertiary/aromatic N) is 2. The number of methoxy groups -OCH3 is 1. The molecule has 0 aliphatic carbocycles. The van der Waals surface area contributed by atoms with Gasteiger partial charge in [0.1, 0.15) is 18.2 Å². The fourth-order valence-electron chi connectivity index (χ4n) is 2.84. The molecule has 0 N–H and O–H groups in total. The molecule has 0 atom stereocenters. The number of halogens is 4. The van der Waals surface area contributed by atoms with Crippen LogP contribution in [0.15, 0.2) is 54.9 Å². The third-order valence-electron chi connectivity index (χ3n) is 4.34. The molecule has 31 heavy (non-hydrogen) atoms. The second-order valence-corrected chi connectivity index (χ2v) is 7.76. The third-order valence-corrected chi connectivity index (χ3v) is 5.12. The van der Waals surface area contributed by atoms with Crippen LogP contribution in [0.5, 0.6) is 11.5 Å². The number of carbonyl (C=O) groups is 1. The zero-order valence-electron chi connectivity index (χ0n) is 16.4. The van der Waals surface area contributed by atoms with E-state index in [-0.39, 0.29) is 47.0 Å². The molecule has 0 unspecified atom stereocenters. The van der Waals surface area contributed by atoms with Crippen molar-refractivity contribution in [2.75, 3.05) is 20.3 Å². The molecule has 9 heteroatoms. The molecular formula is C22H18Cl3FN2O3. The third kappa shape index (κ3) is 6.23. The molecule has 1 amide bonds. The van der Waals surface area contributed by atoms with Crippen molar-refractivity contribution < 1.29 is 18.7 Å². The van der Waals surface area contributed by atoms with Gasteiger partial charge in [0.05, 0.1) is 35.5 Å². The van der Waals surface area contributed by atoms with Crippen LogP contribution >= 0.6 is 34.8 Å². The minimum atomic E-state index is -0.591. The van der Waals surface area contributed by atoms with Gasteiger partial charge >= 0.3 is 0 Å². The number of hydrogen-bond acceptors (Lipinski definition) is 4. The van der Waals surface area contributed by atoms with Crippen LogP contribution in [-0.2, 0) is 6.54 Å². The number of ether oxygens (including phenoxy) is 2. The van der Waals surface area contributed by atoms with Crippen molar-refractivity contribution in [3.8, 4) is 11.5 Å². The molecule has 0 aliphatic rings. The Bertz CT molecular complexity index is 1040. The van der Waals surface area contributed by atoms with Crippen LogP contribution < -0.4 is 9.47 Å². The Hall–Kier alpha value is -2.54. The van der Waals surface area contributed by atoms with E-state index in [2.05, 4.69) is 4.98 Å². The number of benzene rings is 2. The Kier molecular flexibility index (Phi) is 7.96. The molecule has 3 aromatic rings. The Balaban J connectivity index is 1.77. The minimum Gasteiger partial charge on any atom is -0.497 e. The van der Waals surface area contributed by atoms with Crippen molar-refractivity contribution in [3.05, 3.63) is 86.9 Å². The lowest BCUT2D eigenvalue weighted by Gasteiger charge is -2.23. The van der Waals surface area contributed by atoms with Crippen molar-refractivity contribution in [1.82, 2.24) is 9.88 Å². The second kappa shape index (κ2) is 10.7. The first-order valence-corrected chi connectivity index (χ1v) is 10.3. The molecule has 1 heterocycles.